The lowest BCUT2D eigenvalue weighted by molar-refractivity contribution is -0.150. The number of halogens is 1. The van der Waals surface area contributed by atoms with Crippen molar-refractivity contribution in [3.05, 3.63) is 64.7 Å². The number of ether oxygens (including phenoxy) is 1. The average molecular weight is 603 g/mol. The monoisotopic (exact) mass is 602 g/mol. The van der Waals surface area contributed by atoms with Gasteiger partial charge in [-0.1, -0.05) is 41.9 Å². The summed E-state index contributed by atoms with van der Waals surface area (Å²) < 4.78 is 34.6. The van der Waals surface area contributed by atoms with Gasteiger partial charge >= 0.3 is 5.97 Å². The quantitative estimate of drug-likeness (QED) is 0.233. The molecular formula is C28H31ClN4O5S2. The Bertz CT molecular complexity index is 1530. The van der Waals surface area contributed by atoms with E-state index < -0.39 is 27.9 Å². The standard InChI is InChI=1S/C28H31ClN4O5S2/c1-2-38-25(34)17-23-28(35)32(18-19-5-7-20(8-6-19)27(30)31-11-3-4-12-31)13-14-33(23)40(36,37)26-15-21-9-10-22(29)16-24(21)39-26/h5-10,15-16,23,30H,2-4,11-14,17-18H2,1H3. The number of fused-ring (bicyclic) bond motifs is 1. The van der Waals surface area contributed by atoms with Crippen molar-refractivity contribution in [3.63, 3.8) is 0 Å². The van der Waals surface area contributed by atoms with Crippen LogP contribution in [0, 0.1) is 5.41 Å². The number of hydrogen-bond donors (Lipinski definition) is 1. The number of sulfonamides is 1. The summed E-state index contributed by atoms with van der Waals surface area (Å²) in [6, 6.07) is 13.1. The summed E-state index contributed by atoms with van der Waals surface area (Å²) in [6.45, 7) is 4.07. The van der Waals surface area contributed by atoms with Crippen molar-refractivity contribution in [2.75, 3.05) is 32.8 Å². The van der Waals surface area contributed by atoms with E-state index in [0.29, 0.717) is 10.9 Å². The topological polar surface area (TPSA) is 111 Å². The Morgan fingerprint density at radius 3 is 2.50 bits per heavy atom. The fourth-order valence-electron chi connectivity index (χ4n) is 5.17. The smallest absolute Gasteiger partial charge is 0.307 e. The molecule has 212 valence electrons. The summed E-state index contributed by atoms with van der Waals surface area (Å²) in [5.41, 5.74) is 1.68. The molecule has 1 atom stereocenters. The summed E-state index contributed by atoms with van der Waals surface area (Å²) in [7, 11) is -4.07. The van der Waals surface area contributed by atoms with E-state index in [0.717, 1.165) is 62.8 Å². The highest BCUT2D eigenvalue weighted by Crippen LogP contribution is 2.34. The Morgan fingerprint density at radius 1 is 1.07 bits per heavy atom. The van der Waals surface area contributed by atoms with Crippen LogP contribution in [0.15, 0.2) is 52.7 Å². The number of nitrogens with zero attached hydrogens (tertiary/aromatic N) is 3. The number of nitrogens with one attached hydrogen (secondary N) is 1. The zero-order valence-corrected chi connectivity index (χ0v) is 24.5. The second-order valence-corrected chi connectivity index (χ2v) is 13.5. The first kappa shape index (κ1) is 28.5. The number of rotatable bonds is 8. The first-order valence-electron chi connectivity index (χ1n) is 13.3. The average Bonchev–Trinajstić information content (AvgIpc) is 3.62. The normalized spacial score (nSPS) is 18.4. The highest BCUT2D eigenvalue weighted by molar-refractivity contribution is 7.91. The number of amides is 1. The van der Waals surface area contributed by atoms with E-state index in [-0.39, 0.29) is 36.9 Å². The highest BCUT2D eigenvalue weighted by atomic mass is 35.5. The summed E-state index contributed by atoms with van der Waals surface area (Å²) in [4.78, 5) is 29.8. The number of carbonyl (C=O) groups is 2. The predicted molar refractivity (Wildman–Crippen MR) is 155 cm³/mol. The van der Waals surface area contributed by atoms with Crippen LogP contribution >= 0.6 is 22.9 Å². The zero-order valence-electron chi connectivity index (χ0n) is 22.1. The minimum absolute atomic E-state index is 0.0465. The number of amidine groups is 1. The molecule has 1 amide bonds. The van der Waals surface area contributed by atoms with Crippen LogP contribution in [0.3, 0.4) is 0 Å². The number of likely N-dealkylation sites (tertiary alicyclic amines) is 1. The molecule has 2 aromatic carbocycles. The largest absolute Gasteiger partial charge is 0.466 e. The Morgan fingerprint density at radius 2 is 1.80 bits per heavy atom. The molecule has 2 aliphatic rings. The molecule has 0 radical (unpaired) electrons. The van der Waals surface area contributed by atoms with Gasteiger partial charge in [-0.05, 0) is 48.9 Å². The molecule has 1 unspecified atom stereocenters. The van der Waals surface area contributed by atoms with Crippen molar-refractivity contribution in [2.45, 2.75) is 43.0 Å². The maximum absolute atomic E-state index is 13.8. The van der Waals surface area contributed by atoms with Crippen molar-refractivity contribution < 1.29 is 22.7 Å². The third kappa shape index (κ3) is 5.88. The molecule has 3 heterocycles. The number of benzene rings is 2. The molecule has 1 N–H and O–H groups in total. The van der Waals surface area contributed by atoms with Gasteiger partial charge < -0.3 is 14.5 Å². The molecule has 2 aliphatic heterocycles. The predicted octanol–water partition coefficient (Wildman–Crippen LogP) is 4.33. The van der Waals surface area contributed by atoms with E-state index in [1.54, 1.807) is 36.1 Å². The van der Waals surface area contributed by atoms with Crippen LogP contribution in [0.2, 0.25) is 5.02 Å². The van der Waals surface area contributed by atoms with Gasteiger partial charge in [-0.15, -0.1) is 11.3 Å². The molecule has 3 aromatic rings. The van der Waals surface area contributed by atoms with Crippen LogP contribution in [0.5, 0.6) is 0 Å². The summed E-state index contributed by atoms with van der Waals surface area (Å²) in [6.07, 6.45) is 1.81. The third-order valence-electron chi connectivity index (χ3n) is 7.25. The number of hydrogen-bond acceptors (Lipinski definition) is 7. The Hall–Kier alpha value is -2.99. The molecule has 9 nitrogen and oxygen atoms in total. The molecule has 0 aliphatic carbocycles. The Kier molecular flexibility index (Phi) is 8.46. The van der Waals surface area contributed by atoms with Crippen LogP contribution in [0.1, 0.15) is 37.3 Å². The minimum Gasteiger partial charge on any atom is -0.466 e. The number of esters is 1. The van der Waals surface area contributed by atoms with Crippen LogP contribution in [0.4, 0.5) is 0 Å². The van der Waals surface area contributed by atoms with E-state index in [1.807, 2.05) is 24.3 Å². The lowest BCUT2D eigenvalue weighted by atomic mass is 10.1. The van der Waals surface area contributed by atoms with Crippen molar-refractivity contribution >= 4 is 60.8 Å². The minimum atomic E-state index is -4.07. The number of carbonyl (C=O) groups excluding carboxylic acids is 2. The van der Waals surface area contributed by atoms with Gasteiger partial charge in [0.25, 0.3) is 10.0 Å². The Balaban J connectivity index is 1.36. The van der Waals surface area contributed by atoms with Gasteiger partial charge in [-0.3, -0.25) is 15.0 Å². The van der Waals surface area contributed by atoms with Gasteiger partial charge in [-0.2, -0.15) is 4.31 Å². The maximum atomic E-state index is 13.8. The van der Waals surface area contributed by atoms with Gasteiger partial charge in [0, 0.05) is 48.0 Å². The summed E-state index contributed by atoms with van der Waals surface area (Å²) in [5.74, 6) is -0.575. The molecule has 2 saturated heterocycles. The first-order chi connectivity index (χ1) is 19.2. The van der Waals surface area contributed by atoms with Gasteiger partial charge in [0.05, 0.1) is 13.0 Å². The molecule has 0 spiro atoms. The molecule has 1 aromatic heterocycles. The maximum Gasteiger partial charge on any atom is 0.307 e. The molecule has 0 saturated carbocycles. The zero-order chi connectivity index (χ0) is 28.4. The van der Waals surface area contributed by atoms with Crippen LogP contribution in [0.25, 0.3) is 10.1 Å². The van der Waals surface area contributed by atoms with E-state index in [9.17, 15) is 18.0 Å². The first-order valence-corrected chi connectivity index (χ1v) is 15.9. The number of thiophene rings is 1. The fraction of sp³-hybridized carbons (Fsp3) is 0.393. The lowest BCUT2D eigenvalue weighted by Gasteiger charge is -2.39. The van der Waals surface area contributed by atoms with E-state index in [1.165, 1.54) is 0 Å². The van der Waals surface area contributed by atoms with Crippen molar-refractivity contribution in [1.29, 1.82) is 5.41 Å². The highest BCUT2D eigenvalue weighted by Gasteiger charge is 2.43. The summed E-state index contributed by atoms with van der Waals surface area (Å²) in [5, 5.41) is 9.70. The van der Waals surface area contributed by atoms with E-state index in [4.69, 9.17) is 21.7 Å². The van der Waals surface area contributed by atoms with Crippen LogP contribution in [-0.2, 0) is 30.9 Å². The molecular weight excluding hydrogens is 572 g/mol. The van der Waals surface area contributed by atoms with Gasteiger partial charge in [0.1, 0.15) is 16.1 Å². The van der Waals surface area contributed by atoms with E-state index >= 15 is 0 Å². The van der Waals surface area contributed by atoms with Crippen molar-refractivity contribution in [3.8, 4) is 0 Å². The lowest BCUT2D eigenvalue weighted by Crippen LogP contribution is -2.58. The molecule has 2 fully saturated rings. The Labute approximate surface area is 242 Å². The van der Waals surface area contributed by atoms with E-state index in [2.05, 4.69) is 4.90 Å². The SMILES string of the molecule is CCOC(=O)CC1C(=O)N(Cc2ccc(C(=N)N3CCCC3)cc2)CCN1S(=O)(=O)c1cc2ccc(Cl)cc2s1. The molecule has 12 heteroatoms. The van der Waals surface area contributed by atoms with Crippen LogP contribution < -0.4 is 0 Å². The van der Waals surface area contributed by atoms with Gasteiger partial charge in [0.2, 0.25) is 5.91 Å². The molecule has 5 rings (SSSR count). The second kappa shape index (κ2) is 11.9. The van der Waals surface area contributed by atoms with Crippen molar-refractivity contribution in [1.82, 2.24) is 14.1 Å². The number of piperazine rings is 1. The van der Waals surface area contributed by atoms with Crippen LogP contribution in [-0.4, -0.2) is 79.1 Å². The fourth-order valence-corrected chi connectivity index (χ4v) is 8.54. The molecule has 40 heavy (non-hydrogen) atoms. The second-order valence-electron chi connectivity index (χ2n) is 9.89. The van der Waals surface area contributed by atoms with Crippen molar-refractivity contribution in [2.24, 2.45) is 0 Å². The molecule has 0 bridgehead atoms. The third-order valence-corrected chi connectivity index (χ3v) is 10.9. The van der Waals surface area contributed by atoms with Gasteiger partial charge in [-0.25, -0.2) is 8.42 Å². The van der Waals surface area contributed by atoms with Gasteiger partial charge in [0.15, 0.2) is 0 Å². The summed E-state index contributed by atoms with van der Waals surface area (Å²) >= 11 is 7.17.